The van der Waals surface area contributed by atoms with Gasteiger partial charge < -0.3 is 39.8 Å². The van der Waals surface area contributed by atoms with E-state index in [9.17, 15) is 8.78 Å². The van der Waals surface area contributed by atoms with Gasteiger partial charge in [-0.1, -0.05) is 102 Å². The predicted octanol–water partition coefficient (Wildman–Crippen LogP) is 7.32. The van der Waals surface area contributed by atoms with Crippen LogP contribution in [0.3, 0.4) is 0 Å². The number of ether oxygens (including phenoxy) is 2. The Morgan fingerprint density at radius 2 is 1.27 bits per heavy atom. The third kappa shape index (κ3) is 11.0. The highest BCUT2D eigenvalue weighted by molar-refractivity contribution is 5.80. The van der Waals surface area contributed by atoms with E-state index in [2.05, 4.69) is 20.3 Å². The summed E-state index contributed by atoms with van der Waals surface area (Å²) < 4.78 is 50.6. The molecule has 0 amide bonds. The number of benzene rings is 4. The zero-order valence-corrected chi connectivity index (χ0v) is 33.0. The molecule has 14 heteroatoms. The molecule has 306 valence electrons. The molecule has 2 aromatic heterocycles. The number of guanidine groups is 2. The van der Waals surface area contributed by atoms with E-state index in [-0.39, 0.29) is 17.6 Å². The number of aryl methyl sites for hydroxylation is 2. The molecule has 2 saturated heterocycles. The quantitative estimate of drug-likeness (QED) is 0.106. The molecule has 59 heavy (non-hydrogen) atoms. The van der Waals surface area contributed by atoms with Gasteiger partial charge in [0.15, 0.2) is 23.5 Å². The monoisotopic (exact) mass is 802 g/mol. The van der Waals surface area contributed by atoms with Crippen molar-refractivity contribution in [2.75, 3.05) is 52.6 Å². The maximum Gasteiger partial charge on any atom is 0.198 e. The smallest absolute Gasteiger partial charge is 0.198 e. The van der Waals surface area contributed by atoms with Crippen LogP contribution >= 0.6 is 0 Å². The second kappa shape index (κ2) is 19.9. The van der Waals surface area contributed by atoms with Gasteiger partial charge in [-0.05, 0) is 47.2 Å². The van der Waals surface area contributed by atoms with Crippen LogP contribution in [-0.2, 0) is 28.9 Å². The number of hydrogen-bond acceptors (Lipinski definition) is 8. The van der Waals surface area contributed by atoms with Crippen LogP contribution < -0.4 is 11.5 Å². The minimum Gasteiger partial charge on any atom is -0.378 e. The van der Waals surface area contributed by atoms with E-state index >= 15 is 0 Å². The predicted molar refractivity (Wildman–Crippen MR) is 223 cm³/mol. The Labute approximate surface area is 342 Å². The van der Waals surface area contributed by atoms with Crippen molar-refractivity contribution in [1.82, 2.24) is 20.1 Å². The van der Waals surface area contributed by atoms with E-state index in [0.717, 1.165) is 41.0 Å². The third-order valence-electron chi connectivity index (χ3n) is 10.2. The van der Waals surface area contributed by atoms with Gasteiger partial charge in [0.1, 0.15) is 23.9 Å². The summed E-state index contributed by atoms with van der Waals surface area (Å²) in [7, 11) is 0. The van der Waals surface area contributed by atoms with Crippen molar-refractivity contribution in [2.45, 2.75) is 32.2 Å². The number of morpholine rings is 2. The van der Waals surface area contributed by atoms with Crippen molar-refractivity contribution in [3.63, 3.8) is 0 Å². The first-order valence-electron chi connectivity index (χ1n) is 19.7. The summed E-state index contributed by atoms with van der Waals surface area (Å²) in [5.74, 6) is 1.89. The van der Waals surface area contributed by atoms with Crippen LogP contribution in [0, 0.1) is 11.6 Å². The Morgan fingerprint density at radius 1 is 0.678 bits per heavy atom. The molecule has 4 aromatic carbocycles. The highest BCUT2D eigenvalue weighted by atomic mass is 19.1. The van der Waals surface area contributed by atoms with E-state index in [1.165, 1.54) is 0 Å². The zero-order valence-electron chi connectivity index (χ0n) is 33.0. The van der Waals surface area contributed by atoms with E-state index in [0.29, 0.717) is 99.3 Å². The second-order valence-electron chi connectivity index (χ2n) is 14.2. The highest BCUT2D eigenvalue weighted by Crippen LogP contribution is 2.31. The number of aliphatic imine (C=N–C) groups is 2. The maximum atomic E-state index is 14.7. The lowest BCUT2D eigenvalue weighted by Gasteiger charge is -2.27. The highest BCUT2D eigenvalue weighted by Gasteiger charge is 2.19. The normalized spacial score (nSPS) is 15.4. The van der Waals surface area contributed by atoms with Crippen LogP contribution in [0.1, 0.15) is 41.2 Å². The molecule has 2 aliphatic heterocycles. The molecular formula is C45H48F2N8O4. The van der Waals surface area contributed by atoms with Gasteiger partial charge in [-0.3, -0.25) is 0 Å². The van der Waals surface area contributed by atoms with Gasteiger partial charge in [-0.15, -0.1) is 0 Å². The summed E-state index contributed by atoms with van der Waals surface area (Å²) in [5, 5.41) is 8.09. The van der Waals surface area contributed by atoms with E-state index in [1.54, 1.807) is 24.3 Å². The van der Waals surface area contributed by atoms with Gasteiger partial charge in [0.2, 0.25) is 0 Å². The first-order valence-corrected chi connectivity index (χ1v) is 19.7. The molecule has 0 spiro atoms. The van der Waals surface area contributed by atoms with Crippen molar-refractivity contribution in [3.05, 3.63) is 149 Å². The summed E-state index contributed by atoms with van der Waals surface area (Å²) in [4.78, 5) is 12.7. The van der Waals surface area contributed by atoms with Gasteiger partial charge in [0.25, 0.3) is 0 Å². The standard InChI is InChI=1S/C23H25FN4O2.C22H23FN4O2/c24-22-14-17(7-9-21(22)18-4-2-1-3-5-18)6-8-19-15-20(30-27-19)16-26-23(25)28-10-12-29-13-11-28;1-15(17-7-8-18(19(23)13-17)16-5-3-2-4-6-16)20-14-21(26-29-20)25-22(24)27-9-11-28-12-10-27/h1-5,7,9,14-15H,6,8,10-13,16H2,(H2,25,26);2-8,13-15H,9-12H2,1H3,(H2,24,25,26). The maximum absolute atomic E-state index is 14.7. The van der Waals surface area contributed by atoms with Crippen LogP contribution in [-0.4, -0.2) is 84.6 Å². The van der Waals surface area contributed by atoms with Crippen molar-refractivity contribution < 1.29 is 27.3 Å². The second-order valence-corrected chi connectivity index (χ2v) is 14.2. The molecule has 1 unspecified atom stereocenters. The summed E-state index contributed by atoms with van der Waals surface area (Å²) in [6.45, 7) is 7.75. The summed E-state index contributed by atoms with van der Waals surface area (Å²) in [6, 6.07) is 33.3. The SMILES string of the molecule is CC(c1ccc(-c2ccccc2)c(F)c1)c1cc(N=C(N)N2CCOCC2)no1.NC(=NCc1cc(CCc2ccc(-c3ccccc3)c(F)c2)no1)N1CCOCC1. The molecule has 2 fully saturated rings. The van der Waals surface area contributed by atoms with E-state index in [1.807, 2.05) is 102 Å². The van der Waals surface area contributed by atoms with Crippen molar-refractivity contribution in [2.24, 2.45) is 21.5 Å². The van der Waals surface area contributed by atoms with Crippen LogP contribution in [0.2, 0.25) is 0 Å². The van der Waals surface area contributed by atoms with E-state index in [4.69, 9.17) is 30.0 Å². The molecule has 0 radical (unpaired) electrons. The van der Waals surface area contributed by atoms with Crippen molar-refractivity contribution in [3.8, 4) is 22.3 Å². The number of nitrogens with zero attached hydrogens (tertiary/aromatic N) is 6. The van der Waals surface area contributed by atoms with Crippen molar-refractivity contribution >= 4 is 17.7 Å². The molecule has 4 heterocycles. The third-order valence-corrected chi connectivity index (χ3v) is 10.2. The van der Waals surface area contributed by atoms with Gasteiger partial charge in [0.05, 0.1) is 32.1 Å². The molecule has 12 nitrogen and oxygen atoms in total. The number of aromatic nitrogens is 2. The fraction of sp³-hybridized carbons (Fsp3) is 0.289. The van der Waals surface area contributed by atoms with Crippen LogP contribution in [0.4, 0.5) is 14.6 Å². The number of rotatable bonds is 10. The Bertz CT molecular complexity index is 2320. The lowest BCUT2D eigenvalue weighted by Crippen LogP contribution is -2.44. The molecule has 4 N–H and O–H groups in total. The minimum absolute atomic E-state index is 0.171. The van der Waals surface area contributed by atoms with Gasteiger partial charge >= 0.3 is 0 Å². The molecule has 0 aliphatic carbocycles. The summed E-state index contributed by atoms with van der Waals surface area (Å²) in [5.41, 5.74) is 17.5. The molecule has 6 aromatic rings. The Balaban J connectivity index is 0.000000179. The molecular weight excluding hydrogens is 755 g/mol. The first-order chi connectivity index (χ1) is 28.8. The molecule has 2 aliphatic rings. The lowest BCUT2D eigenvalue weighted by atomic mass is 9.95. The zero-order chi connectivity index (χ0) is 41.0. The van der Waals surface area contributed by atoms with Crippen molar-refractivity contribution in [1.29, 1.82) is 0 Å². The van der Waals surface area contributed by atoms with Gasteiger partial charge in [-0.25, -0.2) is 13.8 Å². The molecule has 1 atom stereocenters. The summed E-state index contributed by atoms with van der Waals surface area (Å²) in [6.07, 6.45) is 1.34. The average molecular weight is 803 g/mol. The fourth-order valence-corrected chi connectivity index (χ4v) is 6.77. The molecule has 8 rings (SSSR count). The van der Waals surface area contributed by atoms with Crippen LogP contribution in [0.15, 0.2) is 128 Å². The Hall–Kier alpha value is -6.38. The first kappa shape index (κ1) is 40.8. The Kier molecular flexibility index (Phi) is 13.7. The van der Waals surface area contributed by atoms with Crippen LogP contribution in [0.25, 0.3) is 22.3 Å². The number of hydrogen-bond donors (Lipinski definition) is 2. The topological polar surface area (TPSA) is 154 Å². The van der Waals surface area contributed by atoms with Crippen LogP contribution in [0.5, 0.6) is 0 Å². The molecule has 0 saturated carbocycles. The molecule has 0 bridgehead atoms. The average Bonchev–Trinajstić information content (AvgIpc) is 3.96. The van der Waals surface area contributed by atoms with Gasteiger partial charge in [0, 0.05) is 55.4 Å². The fourth-order valence-electron chi connectivity index (χ4n) is 6.77. The lowest BCUT2D eigenvalue weighted by molar-refractivity contribution is 0.0674. The minimum atomic E-state index is -0.269. The number of nitrogens with two attached hydrogens (primary N) is 2. The van der Waals surface area contributed by atoms with Gasteiger partial charge in [-0.2, -0.15) is 4.99 Å². The number of halogens is 2. The Morgan fingerprint density at radius 3 is 1.88 bits per heavy atom. The summed E-state index contributed by atoms with van der Waals surface area (Å²) >= 11 is 0. The van der Waals surface area contributed by atoms with E-state index < -0.39 is 0 Å². The largest absolute Gasteiger partial charge is 0.378 e.